The third-order valence-corrected chi connectivity index (χ3v) is 4.48. The van der Waals surface area contributed by atoms with Gasteiger partial charge in [0.25, 0.3) is 0 Å². The van der Waals surface area contributed by atoms with Crippen LogP contribution < -0.4 is 0 Å². The molecule has 1 aliphatic rings. The minimum Gasteiger partial charge on any atom is -0.334 e. The van der Waals surface area contributed by atoms with Crippen LogP contribution in [-0.4, -0.2) is 38.9 Å². The SMILES string of the molecule is CP1CCOP(C)OCC1. The first-order valence-electron chi connectivity index (χ1n) is 3.47. The summed E-state index contributed by atoms with van der Waals surface area (Å²) in [4.78, 5) is 0. The second-order valence-electron chi connectivity index (χ2n) is 2.41. The zero-order valence-corrected chi connectivity index (χ0v) is 8.33. The third kappa shape index (κ3) is 3.25. The Hall–Kier alpha value is 0.780. The summed E-state index contributed by atoms with van der Waals surface area (Å²) < 4.78 is 10.8. The Balaban J connectivity index is 2.21. The molecule has 0 aliphatic carbocycles. The van der Waals surface area contributed by atoms with E-state index in [0.717, 1.165) is 13.2 Å². The first kappa shape index (κ1) is 8.87. The molecular formula is C6H14O2P2. The van der Waals surface area contributed by atoms with Crippen molar-refractivity contribution < 1.29 is 9.05 Å². The van der Waals surface area contributed by atoms with Crippen LogP contribution in [0.2, 0.25) is 0 Å². The van der Waals surface area contributed by atoms with Crippen LogP contribution in [-0.2, 0) is 9.05 Å². The molecule has 0 radical (unpaired) electrons. The van der Waals surface area contributed by atoms with Crippen LogP contribution in [0.4, 0.5) is 0 Å². The number of rotatable bonds is 0. The molecule has 0 aromatic carbocycles. The van der Waals surface area contributed by atoms with Crippen LogP contribution >= 0.6 is 16.3 Å². The summed E-state index contributed by atoms with van der Waals surface area (Å²) in [5.41, 5.74) is 0. The highest BCUT2D eigenvalue weighted by Gasteiger charge is 2.10. The lowest BCUT2D eigenvalue weighted by Gasteiger charge is -2.20. The van der Waals surface area contributed by atoms with Gasteiger partial charge in [-0.1, -0.05) is 0 Å². The Morgan fingerprint density at radius 3 is 2.00 bits per heavy atom. The minimum absolute atomic E-state index is 0.206. The molecule has 0 spiro atoms. The van der Waals surface area contributed by atoms with Crippen LogP contribution in [0.1, 0.15) is 0 Å². The van der Waals surface area contributed by atoms with Gasteiger partial charge in [-0.2, -0.15) is 0 Å². The van der Waals surface area contributed by atoms with Gasteiger partial charge in [0.15, 0.2) is 8.38 Å². The molecule has 60 valence electrons. The number of hydrogen-bond donors (Lipinski definition) is 0. The van der Waals surface area contributed by atoms with E-state index in [-0.39, 0.29) is 7.92 Å². The fourth-order valence-electron chi connectivity index (χ4n) is 0.800. The fourth-order valence-corrected chi connectivity index (χ4v) is 2.89. The maximum atomic E-state index is 5.41. The van der Waals surface area contributed by atoms with Crippen molar-refractivity contribution in [1.29, 1.82) is 0 Å². The fraction of sp³-hybridized carbons (Fsp3) is 1.00. The van der Waals surface area contributed by atoms with E-state index < -0.39 is 8.38 Å². The standard InChI is InChI=1S/C6H14O2P2/c1-9-5-3-7-10(2)8-4-6-9/h3-6H2,1-2H3. The van der Waals surface area contributed by atoms with Crippen molar-refractivity contribution in [3.63, 3.8) is 0 Å². The summed E-state index contributed by atoms with van der Waals surface area (Å²) in [6, 6.07) is 0. The Kier molecular flexibility index (Phi) is 4.10. The van der Waals surface area contributed by atoms with Crippen molar-refractivity contribution in [3.05, 3.63) is 0 Å². The van der Waals surface area contributed by atoms with Crippen molar-refractivity contribution in [2.45, 2.75) is 0 Å². The summed E-state index contributed by atoms with van der Waals surface area (Å²) in [6.07, 6.45) is 2.51. The van der Waals surface area contributed by atoms with Gasteiger partial charge in [0.2, 0.25) is 0 Å². The summed E-state index contributed by atoms with van der Waals surface area (Å²) in [6.45, 7) is 6.15. The highest BCUT2D eigenvalue weighted by atomic mass is 31.2. The van der Waals surface area contributed by atoms with Gasteiger partial charge in [-0.15, -0.1) is 7.92 Å². The molecule has 1 aliphatic heterocycles. The summed E-state index contributed by atoms with van der Waals surface area (Å²) >= 11 is 0. The molecule has 0 bridgehead atoms. The van der Waals surface area contributed by atoms with Gasteiger partial charge in [0, 0.05) is 6.66 Å². The molecule has 0 saturated carbocycles. The second kappa shape index (κ2) is 4.62. The molecule has 0 aromatic rings. The minimum atomic E-state index is -0.544. The molecule has 10 heavy (non-hydrogen) atoms. The van der Waals surface area contributed by atoms with Crippen molar-refractivity contribution in [2.24, 2.45) is 0 Å². The molecule has 2 nitrogen and oxygen atoms in total. The van der Waals surface area contributed by atoms with Gasteiger partial charge >= 0.3 is 0 Å². The Bertz CT molecular complexity index is 79.7. The van der Waals surface area contributed by atoms with Gasteiger partial charge in [-0.3, -0.25) is 0 Å². The molecule has 1 heterocycles. The van der Waals surface area contributed by atoms with Crippen LogP contribution in [0.3, 0.4) is 0 Å². The highest BCUT2D eigenvalue weighted by molar-refractivity contribution is 7.57. The van der Waals surface area contributed by atoms with Gasteiger partial charge < -0.3 is 9.05 Å². The Morgan fingerprint density at radius 1 is 1.00 bits per heavy atom. The lowest BCUT2D eigenvalue weighted by Crippen LogP contribution is -2.06. The first-order valence-corrected chi connectivity index (χ1v) is 7.25. The lowest BCUT2D eigenvalue weighted by atomic mass is 10.9. The van der Waals surface area contributed by atoms with E-state index >= 15 is 0 Å². The molecule has 1 fully saturated rings. The van der Waals surface area contributed by atoms with E-state index in [0.29, 0.717) is 0 Å². The number of hydrogen-bond acceptors (Lipinski definition) is 2. The summed E-state index contributed by atoms with van der Waals surface area (Å²) in [7, 11) is -0.338. The van der Waals surface area contributed by atoms with Crippen LogP contribution in [0, 0.1) is 0 Å². The maximum absolute atomic E-state index is 5.41. The van der Waals surface area contributed by atoms with E-state index in [1.807, 2.05) is 6.66 Å². The molecule has 1 saturated heterocycles. The van der Waals surface area contributed by atoms with E-state index in [4.69, 9.17) is 9.05 Å². The smallest absolute Gasteiger partial charge is 0.167 e. The van der Waals surface area contributed by atoms with Crippen molar-refractivity contribution in [3.8, 4) is 0 Å². The monoisotopic (exact) mass is 180 g/mol. The van der Waals surface area contributed by atoms with Crippen LogP contribution in [0.15, 0.2) is 0 Å². The lowest BCUT2D eigenvalue weighted by molar-refractivity contribution is 0.271. The van der Waals surface area contributed by atoms with E-state index in [1.165, 1.54) is 12.3 Å². The van der Waals surface area contributed by atoms with Crippen molar-refractivity contribution in [2.75, 3.05) is 38.9 Å². The largest absolute Gasteiger partial charge is 0.334 e. The normalized spacial score (nSPS) is 36.6. The Morgan fingerprint density at radius 2 is 1.50 bits per heavy atom. The van der Waals surface area contributed by atoms with E-state index in [1.54, 1.807) is 0 Å². The van der Waals surface area contributed by atoms with Gasteiger partial charge in [-0.05, 0) is 19.0 Å². The molecule has 0 unspecified atom stereocenters. The van der Waals surface area contributed by atoms with E-state index in [2.05, 4.69) is 6.66 Å². The van der Waals surface area contributed by atoms with Gasteiger partial charge in [-0.25, -0.2) is 0 Å². The summed E-state index contributed by atoms with van der Waals surface area (Å²) in [5.74, 6) is 0. The van der Waals surface area contributed by atoms with Crippen LogP contribution in [0.25, 0.3) is 0 Å². The molecule has 4 heteroatoms. The molecule has 0 N–H and O–H groups in total. The third-order valence-electron chi connectivity index (χ3n) is 1.49. The molecular weight excluding hydrogens is 166 g/mol. The predicted molar refractivity (Wildman–Crippen MR) is 47.3 cm³/mol. The van der Waals surface area contributed by atoms with Gasteiger partial charge in [0.1, 0.15) is 0 Å². The molecule has 0 aromatic heterocycles. The van der Waals surface area contributed by atoms with E-state index in [9.17, 15) is 0 Å². The topological polar surface area (TPSA) is 18.5 Å². The maximum Gasteiger partial charge on any atom is 0.167 e. The average molecular weight is 180 g/mol. The van der Waals surface area contributed by atoms with Crippen molar-refractivity contribution in [1.82, 2.24) is 0 Å². The first-order chi connectivity index (χ1) is 4.79. The highest BCUT2D eigenvalue weighted by Crippen LogP contribution is 2.40. The molecule has 0 amide bonds. The van der Waals surface area contributed by atoms with Crippen LogP contribution in [0.5, 0.6) is 0 Å². The summed E-state index contributed by atoms with van der Waals surface area (Å²) in [5, 5.41) is 0. The predicted octanol–water partition coefficient (Wildman–Crippen LogP) is 2.09. The second-order valence-corrected chi connectivity index (χ2v) is 6.41. The average Bonchev–Trinajstić information content (AvgIpc) is 1.84. The zero-order chi connectivity index (χ0) is 7.40. The quantitative estimate of drug-likeness (QED) is 0.531. The molecule has 0 atom stereocenters. The zero-order valence-electron chi connectivity index (χ0n) is 6.54. The van der Waals surface area contributed by atoms with Crippen molar-refractivity contribution >= 4 is 16.3 Å². The Labute approximate surface area is 65.0 Å². The van der Waals surface area contributed by atoms with Gasteiger partial charge in [0.05, 0.1) is 13.2 Å². The molecule has 1 rings (SSSR count).